The van der Waals surface area contributed by atoms with E-state index in [0.29, 0.717) is 17.4 Å². The first-order chi connectivity index (χ1) is 11.0. The summed E-state index contributed by atoms with van der Waals surface area (Å²) < 4.78 is 0. The van der Waals surface area contributed by atoms with Crippen molar-refractivity contribution >= 4 is 28.3 Å². The average Bonchev–Trinajstić information content (AvgIpc) is 2.95. The zero-order chi connectivity index (χ0) is 16.8. The summed E-state index contributed by atoms with van der Waals surface area (Å²) in [6, 6.07) is 9.67. The zero-order valence-corrected chi connectivity index (χ0v) is 14.2. The number of amides is 2. The smallest absolute Gasteiger partial charge is 0.271 e. The van der Waals surface area contributed by atoms with Gasteiger partial charge in [0.2, 0.25) is 5.91 Å². The number of carbonyl (C=O) groups is 2. The maximum atomic E-state index is 12.4. The monoisotopic (exact) mass is 332 g/mol. The molecule has 0 fully saturated rings. The van der Waals surface area contributed by atoms with Crippen molar-refractivity contribution in [2.45, 2.75) is 13.0 Å². The molecule has 1 aromatic carbocycles. The molecule has 0 saturated heterocycles. The molecule has 1 heterocycles. The molecule has 0 saturated carbocycles. The van der Waals surface area contributed by atoms with Gasteiger partial charge in [-0.2, -0.15) is 0 Å². The molecule has 0 radical (unpaired) electrons. The quantitative estimate of drug-likeness (QED) is 0.850. The van der Waals surface area contributed by atoms with E-state index >= 15 is 0 Å². The molecule has 2 rings (SSSR count). The Hall–Kier alpha value is -2.25. The summed E-state index contributed by atoms with van der Waals surface area (Å²) in [5.74, 6) is -0.463. The minimum Gasteiger partial charge on any atom is -0.343 e. The molecule has 2 aromatic rings. The maximum absolute atomic E-state index is 12.4. The number of nitrogens with zero attached hydrogens (tertiary/aromatic N) is 2. The summed E-state index contributed by atoms with van der Waals surface area (Å²) in [7, 11) is 3.92. The topological polar surface area (TPSA) is 74.3 Å². The normalized spacial score (nSPS) is 12.0. The second-order valence-electron chi connectivity index (χ2n) is 5.42. The highest BCUT2D eigenvalue weighted by Crippen LogP contribution is 2.18. The Morgan fingerprint density at radius 2 is 1.96 bits per heavy atom. The predicted molar refractivity (Wildman–Crippen MR) is 91.6 cm³/mol. The van der Waals surface area contributed by atoms with Crippen molar-refractivity contribution < 1.29 is 9.59 Å². The summed E-state index contributed by atoms with van der Waals surface area (Å²) in [6.07, 6.45) is 0. The van der Waals surface area contributed by atoms with E-state index in [-0.39, 0.29) is 17.9 Å². The number of anilines is 1. The van der Waals surface area contributed by atoms with Gasteiger partial charge in [0.05, 0.1) is 6.04 Å². The van der Waals surface area contributed by atoms with Crippen molar-refractivity contribution in [1.29, 1.82) is 0 Å². The average molecular weight is 332 g/mol. The van der Waals surface area contributed by atoms with Gasteiger partial charge in [-0.05, 0) is 19.7 Å². The number of likely N-dealkylation sites (N-methyl/N-ethyl adjacent to an activating group) is 1. The second-order valence-corrected chi connectivity index (χ2v) is 6.28. The van der Waals surface area contributed by atoms with Crippen LogP contribution in [0.2, 0.25) is 0 Å². The van der Waals surface area contributed by atoms with Crippen molar-refractivity contribution in [2.75, 3.05) is 26.0 Å². The lowest BCUT2D eigenvalue weighted by Crippen LogP contribution is -2.35. The van der Waals surface area contributed by atoms with Crippen LogP contribution in [0.25, 0.3) is 0 Å². The Balaban J connectivity index is 2.11. The fourth-order valence-corrected chi connectivity index (χ4v) is 2.84. The molecule has 2 N–H and O–H groups in total. The predicted octanol–water partition coefficient (Wildman–Crippen LogP) is 2.13. The number of carbonyl (C=O) groups excluding carboxylic acids is 2. The lowest BCUT2D eigenvalue weighted by Gasteiger charge is -2.22. The van der Waals surface area contributed by atoms with Crippen LogP contribution in [-0.2, 0) is 4.79 Å². The second kappa shape index (κ2) is 7.85. The van der Waals surface area contributed by atoms with Crippen molar-refractivity contribution in [1.82, 2.24) is 15.2 Å². The van der Waals surface area contributed by atoms with E-state index < -0.39 is 0 Å². The summed E-state index contributed by atoms with van der Waals surface area (Å²) in [5.41, 5.74) is 1.34. The molecule has 1 atom stereocenters. The maximum Gasteiger partial charge on any atom is 0.271 e. The molecule has 1 unspecified atom stereocenters. The van der Waals surface area contributed by atoms with Gasteiger partial charge >= 0.3 is 0 Å². The fraction of sp³-hybridized carbons (Fsp3) is 0.312. The summed E-state index contributed by atoms with van der Waals surface area (Å²) >= 11 is 1.23. The van der Waals surface area contributed by atoms with E-state index in [1.165, 1.54) is 18.3 Å². The van der Waals surface area contributed by atoms with E-state index in [9.17, 15) is 9.59 Å². The van der Waals surface area contributed by atoms with Crippen LogP contribution in [0.15, 0.2) is 35.7 Å². The van der Waals surface area contributed by atoms with Gasteiger partial charge in [-0.3, -0.25) is 9.59 Å². The summed E-state index contributed by atoms with van der Waals surface area (Å²) in [4.78, 5) is 29.6. The highest BCUT2D eigenvalue weighted by Gasteiger charge is 2.18. The van der Waals surface area contributed by atoms with Crippen LogP contribution in [0, 0.1) is 0 Å². The lowest BCUT2D eigenvalue weighted by molar-refractivity contribution is -0.114. The number of benzene rings is 1. The van der Waals surface area contributed by atoms with Crippen molar-refractivity contribution in [3.63, 3.8) is 0 Å². The van der Waals surface area contributed by atoms with Gasteiger partial charge in [-0.15, -0.1) is 11.3 Å². The first-order valence-electron chi connectivity index (χ1n) is 7.19. The van der Waals surface area contributed by atoms with E-state index in [4.69, 9.17) is 0 Å². The van der Waals surface area contributed by atoms with E-state index in [1.54, 1.807) is 5.38 Å². The number of rotatable bonds is 6. The van der Waals surface area contributed by atoms with Crippen molar-refractivity contribution in [2.24, 2.45) is 0 Å². The SMILES string of the molecule is CC(=O)Nc1nc(C(=O)NC(CN(C)C)c2ccccc2)cs1. The number of aromatic nitrogens is 1. The first kappa shape index (κ1) is 17.1. The molecule has 6 nitrogen and oxygen atoms in total. The molecule has 1 aromatic heterocycles. The van der Waals surface area contributed by atoms with Gasteiger partial charge < -0.3 is 15.5 Å². The van der Waals surface area contributed by atoms with Gasteiger partial charge in [0.25, 0.3) is 5.91 Å². The van der Waals surface area contributed by atoms with Crippen LogP contribution in [0.3, 0.4) is 0 Å². The van der Waals surface area contributed by atoms with Gasteiger partial charge in [0, 0.05) is 18.8 Å². The summed E-state index contributed by atoms with van der Waals surface area (Å²) in [6.45, 7) is 2.09. The van der Waals surface area contributed by atoms with E-state index in [0.717, 1.165) is 5.56 Å². The molecule has 122 valence electrons. The molecule has 0 spiro atoms. The third-order valence-electron chi connectivity index (χ3n) is 3.07. The van der Waals surface area contributed by atoms with Gasteiger partial charge in [-0.1, -0.05) is 30.3 Å². The number of hydrogen-bond acceptors (Lipinski definition) is 5. The summed E-state index contributed by atoms with van der Waals surface area (Å²) in [5, 5.41) is 7.64. The Kier molecular flexibility index (Phi) is 5.84. The van der Waals surface area contributed by atoms with Crippen LogP contribution < -0.4 is 10.6 Å². The molecule has 2 amide bonds. The molecule has 7 heteroatoms. The minimum absolute atomic E-state index is 0.135. The lowest BCUT2D eigenvalue weighted by atomic mass is 10.1. The number of thiazole rings is 1. The Morgan fingerprint density at radius 1 is 1.26 bits per heavy atom. The van der Waals surface area contributed by atoms with Crippen LogP contribution in [0.5, 0.6) is 0 Å². The van der Waals surface area contributed by atoms with Gasteiger partial charge in [0.15, 0.2) is 5.13 Å². The Morgan fingerprint density at radius 3 is 2.57 bits per heavy atom. The molecule has 0 aliphatic carbocycles. The van der Waals surface area contributed by atoms with E-state index in [2.05, 4.69) is 15.6 Å². The van der Waals surface area contributed by atoms with Crippen LogP contribution in [0.1, 0.15) is 29.0 Å². The number of hydrogen-bond donors (Lipinski definition) is 2. The third kappa shape index (κ3) is 5.15. The molecule has 0 aliphatic rings. The molecule has 23 heavy (non-hydrogen) atoms. The Labute approximate surface area is 139 Å². The van der Waals surface area contributed by atoms with E-state index in [1.807, 2.05) is 49.3 Å². The van der Waals surface area contributed by atoms with Crippen molar-refractivity contribution in [3.05, 3.63) is 47.0 Å². The zero-order valence-electron chi connectivity index (χ0n) is 13.4. The molecular formula is C16H20N4O2S. The van der Waals surface area contributed by atoms with Crippen molar-refractivity contribution in [3.8, 4) is 0 Å². The Bertz CT molecular complexity index is 670. The van der Waals surface area contributed by atoms with Crippen LogP contribution >= 0.6 is 11.3 Å². The van der Waals surface area contributed by atoms with Crippen LogP contribution in [0.4, 0.5) is 5.13 Å². The van der Waals surface area contributed by atoms with Crippen LogP contribution in [-0.4, -0.2) is 42.3 Å². The highest BCUT2D eigenvalue weighted by atomic mass is 32.1. The van der Waals surface area contributed by atoms with Gasteiger partial charge in [-0.25, -0.2) is 4.98 Å². The largest absolute Gasteiger partial charge is 0.343 e. The third-order valence-corrected chi connectivity index (χ3v) is 3.83. The standard InChI is InChI=1S/C16H20N4O2S/c1-11(21)17-16-19-14(10-23-16)15(22)18-13(9-20(2)3)12-7-5-4-6-8-12/h4-8,10,13H,9H2,1-3H3,(H,18,22)(H,17,19,21). The molecule has 0 aliphatic heterocycles. The first-order valence-corrected chi connectivity index (χ1v) is 8.07. The minimum atomic E-state index is -0.256. The highest BCUT2D eigenvalue weighted by molar-refractivity contribution is 7.14. The number of nitrogens with one attached hydrogen (secondary N) is 2. The molecular weight excluding hydrogens is 312 g/mol. The molecule has 0 bridgehead atoms. The van der Waals surface area contributed by atoms with Gasteiger partial charge in [0.1, 0.15) is 5.69 Å². The fourth-order valence-electron chi connectivity index (χ4n) is 2.10.